The molecule has 144 valence electrons. The first-order chi connectivity index (χ1) is 14.2. The molecule has 1 aromatic heterocycles. The molecule has 0 amide bonds. The molecule has 0 aliphatic rings. The highest BCUT2D eigenvalue weighted by Gasteiger charge is 2.23. The third kappa shape index (κ3) is 4.08. The van der Waals surface area contributed by atoms with Crippen LogP contribution in [0.4, 0.5) is 0 Å². The van der Waals surface area contributed by atoms with Gasteiger partial charge in [-0.3, -0.25) is 0 Å². The van der Waals surface area contributed by atoms with Gasteiger partial charge >= 0.3 is 5.97 Å². The highest BCUT2D eigenvalue weighted by Crippen LogP contribution is 2.32. The molecule has 0 spiro atoms. The van der Waals surface area contributed by atoms with Gasteiger partial charge < -0.3 is 4.74 Å². The summed E-state index contributed by atoms with van der Waals surface area (Å²) in [5, 5.41) is 0.971. The molecule has 0 aliphatic carbocycles. The lowest BCUT2D eigenvalue weighted by molar-refractivity contribution is 0.0526. The lowest BCUT2D eigenvalue weighted by atomic mass is 9.92. The Labute approximate surface area is 178 Å². The van der Waals surface area contributed by atoms with E-state index >= 15 is 0 Å². The van der Waals surface area contributed by atoms with E-state index in [1.807, 2.05) is 73.7 Å². The number of rotatable bonds is 5. The molecule has 0 unspecified atom stereocenters. The third-order valence-electron chi connectivity index (χ3n) is 4.82. The normalized spacial score (nSPS) is 10.8. The minimum atomic E-state index is -0.336. The Morgan fingerprint density at radius 3 is 2.34 bits per heavy atom. The highest BCUT2D eigenvalue weighted by atomic mass is 79.9. The maximum atomic E-state index is 13.1. The number of pyridine rings is 1. The molecule has 0 saturated carbocycles. The number of ether oxygens (including phenoxy) is 1. The zero-order valence-electron chi connectivity index (χ0n) is 16.1. The van der Waals surface area contributed by atoms with Gasteiger partial charge in [0.15, 0.2) is 0 Å². The number of halogens is 1. The monoisotopic (exact) mass is 445 g/mol. The lowest BCUT2D eigenvalue weighted by Crippen LogP contribution is -2.12. The van der Waals surface area contributed by atoms with Crippen LogP contribution < -0.4 is 0 Å². The maximum Gasteiger partial charge on any atom is 0.340 e. The number of benzene rings is 3. The van der Waals surface area contributed by atoms with E-state index in [1.54, 1.807) is 0 Å². The summed E-state index contributed by atoms with van der Waals surface area (Å²) >= 11 is 3.49. The molecule has 29 heavy (non-hydrogen) atoms. The van der Waals surface area contributed by atoms with Crippen molar-refractivity contribution in [1.82, 2.24) is 4.98 Å². The quantitative estimate of drug-likeness (QED) is 0.332. The van der Waals surface area contributed by atoms with Crippen LogP contribution in [-0.2, 0) is 11.2 Å². The minimum absolute atomic E-state index is 0.317. The molecule has 1 heterocycles. The van der Waals surface area contributed by atoms with Crippen LogP contribution in [-0.4, -0.2) is 17.6 Å². The number of aromatic nitrogens is 1. The summed E-state index contributed by atoms with van der Waals surface area (Å²) < 4.78 is 6.47. The van der Waals surface area contributed by atoms with Crippen molar-refractivity contribution >= 4 is 32.8 Å². The zero-order chi connectivity index (χ0) is 20.2. The number of carbonyl (C=O) groups is 1. The Bertz CT molecular complexity index is 1150. The summed E-state index contributed by atoms with van der Waals surface area (Å²) in [6.07, 6.45) is 0.615. The van der Waals surface area contributed by atoms with Crippen molar-refractivity contribution in [2.75, 3.05) is 6.61 Å². The fraction of sp³-hybridized carbons (Fsp3) is 0.120. The first kappa shape index (κ1) is 19.3. The average molecular weight is 446 g/mol. The van der Waals surface area contributed by atoms with Crippen LogP contribution in [0.15, 0.2) is 83.3 Å². The standard InChI is InChI=1S/C25H20BrNO2/c1-2-29-25(28)23-21(16-17-12-14-19(26)15-13-17)20-10-6-7-11-22(20)27-24(23)18-8-4-3-5-9-18/h3-15H,2,16H2,1H3. The van der Waals surface area contributed by atoms with E-state index in [9.17, 15) is 4.79 Å². The van der Waals surface area contributed by atoms with Gasteiger partial charge in [-0.15, -0.1) is 0 Å². The van der Waals surface area contributed by atoms with Gasteiger partial charge in [-0.05, 0) is 42.7 Å². The summed E-state index contributed by atoms with van der Waals surface area (Å²) in [4.78, 5) is 17.9. The first-order valence-electron chi connectivity index (χ1n) is 9.56. The van der Waals surface area contributed by atoms with Crippen LogP contribution in [0.5, 0.6) is 0 Å². The second kappa shape index (κ2) is 8.58. The number of hydrogen-bond donors (Lipinski definition) is 0. The van der Waals surface area contributed by atoms with Crippen LogP contribution in [0, 0.1) is 0 Å². The van der Waals surface area contributed by atoms with Crippen molar-refractivity contribution in [3.05, 3.63) is 100 Å². The summed E-state index contributed by atoms with van der Waals surface area (Å²) in [6.45, 7) is 2.14. The number of fused-ring (bicyclic) bond motifs is 1. The molecule has 3 nitrogen and oxygen atoms in total. The second-order valence-electron chi connectivity index (χ2n) is 6.72. The molecule has 4 rings (SSSR count). The summed E-state index contributed by atoms with van der Waals surface area (Å²) in [6, 6.07) is 25.9. The van der Waals surface area contributed by atoms with Gasteiger partial charge in [0.05, 0.1) is 23.4 Å². The van der Waals surface area contributed by atoms with Crippen molar-refractivity contribution in [1.29, 1.82) is 0 Å². The van der Waals surface area contributed by atoms with E-state index in [4.69, 9.17) is 9.72 Å². The fourth-order valence-electron chi connectivity index (χ4n) is 3.50. The van der Waals surface area contributed by atoms with Gasteiger partial charge in [-0.1, -0.05) is 76.6 Å². The fourth-order valence-corrected chi connectivity index (χ4v) is 3.76. The van der Waals surface area contributed by atoms with Crippen LogP contribution in [0.1, 0.15) is 28.4 Å². The molecule has 0 atom stereocenters. The van der Waals surface area contributed by atoms with Crippen molar-refractivity contribution in [3.8, 4) is 11.3 Å². The molecule has 0 radical (unpaired) electrons. The predicted molar refractivity (Wildman–Crippen MR) is 120 cm³/mol. The molecule has 3 aromatic carbocycles. The number of carbonyl (C=O) groups excluding carboxylic acids is 1. The van der Waals surface area contributed by atoms with E-state index in [1.165, 1.54) is 0 Å². The molecule has 4 heteroatoms. The summed E-state index contributed by atoms with van der Waals surface area (Å²) in [5.41, 5.74) is 5.03. The van der Waals surface area contributed by atoms with E-state index < -0.39 is 0 Å². The number of esters is 1. The van der Waals surface area contributed by atoms with Crippen molar-refractivity contribution in [2.45, 2.75) is 13.3 Å². The SMILES string of the molecule is CCOC(=O)c1c(-c2ccccc2)nc2ccccc2c1Cc1ccc(Br)cc1. The van der Waals surface area contributed by atoms with Crippen molar-refractivity contribution < 1.29 is 9.53 Å². The molecule has 0 aliphatic heterocycles. The molecule has 0 N–H and O–H groups in total. The van der Waals surface area contributed by atoms with Gasteiger partial charge in [0, 0.05) is 15.4 Å². The maximum absolute atomic E-state index is 13.1. The number of nitrogens with zero attached hydrogens (tertiary/aromatic N) is 1. The van der Waals surface area contributed by atoms with E-state index in [0.717, 1.165) is 32.1 Å². The summed E-state index contributed by atoms with van der Waals surface area (Å²) in [5.74, 6) is -0.336. The summed E-state index contributed by atoms with van der Waals surface area (Å²) in [7, 11) is 0. The Balaban J connectivity index is 2.00. The second-order valence-corrected chi connectivity index (χ2v) is 7.64. The van der Waals surface area contributed by atoms with E-state index in [-0.39, 0.29) is 5.97 Å². The smallest absolute Gasteiger partial charge is 0.340 e. The highest BCUT2D eigenvalue weighted by molar-refractivity contribution is 9.10. The van der Waals surface area contributed by atoms with Crippen LogP contribution >= 0.6 is 15.9 Å². The van der Waals surface area contributed by atoms with Crippen LogP contribution in [0.25, 0.3) is 22.2 Å². The largest absolute Gasteiger partial charge is 0.462 e. The Hall–Kier alpha value is -2.98. The number of hydrogen-bond acceptors (Lipinski definition) is 3. The van der Waals surface area contributed by atoms with E-state index in [0.29, 0.717) is 24.3 Å². The van der Waals surface area contributed by atoms with E-state index in [2.05, 4.69) is 28.1 Å². The van der Waals surface area contributed by atoms with Gasteiger partial charge in [-0.25, -0.2) is 9.78 Å². The van der Waals surface area contributed by atoms with Gasteiger partial charge in [-0.2, -0.15) is 0 Å². The van der Waals surface area contributed by atoms with Gasteiger partial charge in [0.25, 0.3) is 0 Å². The number of para-hydroxylation sites is 1. The molecular weight excluding hydrogens is 426 g/mol. The van der Waals surface area contributed by atoms with Gasteiger partial charge in [0.1, 0.15) is 0 Å². The van der Waals surface area contributed by atoms with Crippen molar-refractivity contribution in [2.24, 2.45) is 0 Å². The minimum Gasteiger partial charge on any atom is -0.462 e. The first-order valence-corrected chi connectivity index (χ1v) is 10.3. The Morgan fingerprint density at radius 1 is 0.931 bits per heavy atom. The molecule has 0 fully saturated rings. The topological polar surface area (TPSA) is 39.2 Å². The predicted octanol–water partition coefficient (Wildman–Crippen LogP) is 6.43. The van der Waals surface area contributed by atoms with Gasteiger partial charge in [0.2, 0.25) is 0 Å². The molecule has 0 saturated heterocycles. The third-order valence-corrected chi connectivity index (χ3v) is 5.35. The molecule has 0 bridgehead atoms. The molecular formula is C25H20BrNO2. The van der Waals surface area contributed by atoms with Crippen molar-refractivity contribution in [3.63, 3.8) is 0 Å². The average Bonchev–Trinajstić information content (AvgIpc) is 2.75. The Morgan fingerprint density at radius 2 is 1.62 bits per heavy atom. The lowest BCUT2D eigenvalue weighted by Gasteiger charge is -2.17. The van der Waals surface area contributed by atoms with Crippen LogP contribution in [0.2, 0.25) is 0 Å². The van der Waals surface area contributed by atoms with Crippen LogP contribution in [0.3, 0.4) is 0 Å². The Kier molecular flexibility index (Phi) is 5.72. The zero-order valence-corrected chi connectivity index (χ0v) is 17.6. The molecule has 4 aromatic rings.